The lowest BCUT2D eigenvalue weighted by atomic mass is 10.0. The fourth-order valence-corrected chi connectivity index (χ4v) is 1.87. The van der Waals surface area contributed by atoms with Gasteiger partial charge >= 0.3 is 5.97 Å². The van der Waals surface area contributed by atoms with Crippen molar-refractivity contribution in [2.75, 3.05) is 14.2 Å². The van der Waals surface area contributed by atoms with Gasteiger partial charge in [0, 0.05) is 16.4 Å². The molecule has 1 amide bonds. The molecular formula is C14H19NO5S. The molecule has 1 unspecified atom stereocenters. The highest BCUT2D eigenvalue weighted by molar-refractivity contribution is 7.81. The molecule has 0 spiro atoms. The van der Waals surface area contributed by atoms with Crippen molar-refractivity contribution in [1.82, 2.24) is 5.32 Å². The summed E-state index contributed by atoms with van der Waals surface area (Å²) in [4.78, 5) is 23.5. The van der Waals surface area contributed by atoms with E-state index in [4.69, 9.17) is 9.47 Å². The average Bonchev–Trinajstić information content (AvgIpc) is 2.42. The summed E-state index contributed by atoms with van der Waals surface area (Å²) < 4.78 is 9.24. The molecule has 6 nitrogen and oxygen atoms in total. The third-order valence-electron chi connectivity index (χ3n) is 2.84. The summed E-state index contributed by atoms with van der Waals surface area (Å²) in [7, 11) is 2.93. The minimum atomic E-state index is -1.15. The van der Waals surface area contributed by atoms with Crippen LogP contribution in [0.1, 0.15) is 24.2 Å². The first-order valence-corrected chi connectivity index (χ1v) is 6.63. The summed E-state index contributed by atoms with van der Waals surface area (Å²) in [5.74, 6) is -0.812. The van der Waals surface area contributed by atoms with Crippen molar-refractivity contribution in [2.45, 2.75) is 24.6 Å². The first kappa shape index (κ1) is 17.2. The molecule has 0 aliphatic carbocycles. The van der Waals surface area contributed by atoms with Crippen molar-refractivity contribution in [3.05, 3.63) is 23.8 Å². The van der Waals surface area contributed by atoms with Gasteiger partial charge in [0.2, 0.25) is 0 Å². The van der Waals surface area contributed by atoms with Gasteiger partial charge < -0.3 is 19.9 Å². The Morgan fingerprint density at radius 1 is 1.19 bits per heavy atom. The van der Waals surface area contributed by atoms with E-state index in [0.29, 0.717) is 11.5 Å². The van der Waals surface area contributed by atoms with Crippen LogP contribution in [-0.2, 0) is 4.79 Å². The second-order valence-electron chi connectivity index (χ2n) is 5.00. The first-order chi connectivity index (χ1) is 9.68. The number of nitrogens with one attached hydrogen (secondary N) is 1. The van der Waals surface area contributed by atoms with Crippen LogP contribution in [0.4, 0.5) is 0 Å². The zero-order valence-electron chi connectivity index (χ0n) is 12.3. The van der Waals surface area contributed by atoms with Gasteiger partial charge in [0.05, 0.1) is 14.2 Å². The van der Waals surface area contributed by atoms with Crippen LogP contribution >= 0.6 is 12.6 Å². The van der Waals surface area contributed by atoms with Crippen LogP contribution in [0.15, 0.2) is 18.2 Å². The minimum absolute atomic E-state index is 0.245. The van der Waals surface area contributed by atoms with Gasteiger partial charge in [-0.15, -0.1) is 0 Å². The lowest BCUT2D eigenvalue weighted by Gasteiger charge is -2.26. The Morgan fingerprint density at radius 3 is 2.00 bits per heavy atom. The number of carboxylic acid groups (broad SMARTS) is 1. The number of amides is 1. The van der Waals surface area contributed by atoms with Gasteiger partial charge in [-0.1, -0.05) is 0 Å². The highest BCUT2D eigenvalue weighted by Crippen LogP contribution is 2.23. The number of carbonyl (C=O) groups excluding carboxylic acids is 1. The van der Waals surface area contributed by atoms with E-state index in [2.05, 4.69) is 17.9 Å². The Labute approximate surface area is 128 Å². The molecule has 1 atom stereocenters. The predicted octanol–water partition coefficient (Wildman–Crippen LogP) is 1.60. The smallest absolute Gasteiger partial charge is 0.327 e. The standard InChI is InChI=1S/C14H19NO5S/c1-14(2,21)11(13(17)18)15-12(16)8-5-9(19-3)7-10(6-8)20-4/h5-7,11,21H,1-4H3,(H,15,16)(H,17,18). The molecule has 0 radical (unpaired) electrons. The zero-order chi connectivity index (χ0) is 16.2. The van der Waals surface area contributed by atoms with E-state index in [9.17, 15) is 14.7 Å². The normalized spacial score (nSPS) is 12.4. The second kappa shape index (κ2) is 6.71. The first-order valence-electron chi connectivity index (χ1n) is 6.18. The van der Waals surface area contributed by atoms with E-state index in [1.807, 2.05) is 0 Å². The molecule has 0 saturated heterocycles. The van der Waals surface area contributed by atoms with Crippen molar-refractivity contribution in [3.8, 4) is 11.5 Å². The predicted molar refractivity (Wildman–Crippen MR) is 81.5 cm³/mol. The topological polar surface area (TPSA) is 84.9 Å². The van der Waals surface area contributed by atoms with Crippen LogP contribution in [0.3, 0.4) is 0 Å². The van der Waals surface area contributed by atoms with E-state index in [1.165, 1.54) is 26.4 Å². The van der Waals surface area contributed by atoms with Gasteiger partial charge in [0.15, 0.2) is 0 Å². The summed E-state index contributed by atoms with van der Waals surface area (Å²) >= 11 is 4.21. The van der Waals surface area contributed by atoms with Crippen LogP contribution in [0.2, 0.25) is 0 Å². The average molecular weight is 313 g/mol. The molecule has 21 heavy (non-hydrogen) atoms. The van der Waals surface area contributed by atoms with Crippen molar-refractivity contribution < 1.29 is 24.2 Å². The number of rotatable bonds is 6. The molecular weight excluding hydrogens is 294 g/mol. The van der Waals surface area contributed by atoms with Crippen LogP contribution in [0, 0.1) is 0 Å². The van der Waals surface area contributed by atoms with Gasteiger partial charge in [-0.3, -0.25) is 4.79 Å². The van der Waals surface area contributed by atoms with Gasteiger partial charge in [-0.2, -0.15) is 12.6 Å². The maximum atomic E-state index is 12.2. The molecule has 1 aromatic carbocycles. The summed E-state index contributed by atoms with van der Waals surface area (Å²) in [6.07, 6.45) is 0. The number of methoxy groups -OCH3 is 2. The van der Waals surface area contributed by atoms with Crippen LogP contribution < -0.4 is 14.8 Å². The van der Waals surface area contributed by atoms with Crippen molar-refractivity contribution >= 4 is 24.5 Å². The molecule has 0 aromatic heterocycles. The molecule has 0 bridgehead atoms. The number of thiol groups is 1. The molecule has 7 heteroatoms. The van der Waals surface area contributed by atoms with E-state index in [0.717, 1.165) is 0 Å². The summed E-state index contributed by atoms with van der Waals surface area (Å²) in [6, 6.07) is 3.49. The lowest BCUT2D eigenvalue weighted by Crippen LogP contribution is -2.51. The molecule has 0 heterocycles. The van der Waals surface area contributed by atoms with Crippen LogP contribution in [0.25, 0.3) is 0 Å². The number of ether oxygens (including phenoxy) is 2. The quantitative estimate of drug-likeness (QED) is 0.695. The molecule has 116 valence electrons. The fraction of sp³-hybridized carbons (Fsp3) is 0.429. The highest BCUT2D eigenvalue weighted by Gasteiger charge is 2.33. The Kier molecular flexibility index (Phi) is 5.48. The Hall–Kier alpha value is -1.89. The Bertz CT molecular complexity index is 516. The van der Waals surface area contributed by atoms with E-state index >= 15 is 0 Å². The van der Waals surface area contributed by atoms with Gasteiger partial charge in [-0.25, -0.2) is 4.79 Å². The molecule has 0 aliphatic rings. The Morgan fingerprint density at radius 2 is 1.67 bits per heavy atom. The minimum Gasteiger partial charge on any atom is -0.497 e. The number of carbonyl (C=O) groups is 2. The summed E-state index contributed by atoms with van der Waals surface area (Å²) in [5.41, 5.74) is 0.245. The van der Waals surface area contributed by atoms with Gasteiger partial charge in [-0.05, 0) is 26.0 Å². The summed E-state index contributed by atoms with van der Waals surface area (Å²) in [6.45, 7) is 3.22. The van der Waals surface area contributed by atoms with Crippen LogP contribution in [-0.4, -0.2) is 42.0 Å². The van der Waals surface area contributed by atoms with Crippen molar-refractivity contribution in [3.63, 3.8) is 0 Å². The van der Waals surface area contributed by atoms with E-state index in [-0.39, 0.29) is 5.56 Å². The monoisotopic (exact) mass is 313 g/mol. The van der Waals surface area contributed by atoms with Crippen molar-refractivity contribution in [1.29, 1.82) is 0 Å². The van der Waals surface area contributed by atoms with Crippen LogP contribution in [0.5, 0.6) is 11.5 Å². The lowest BCUT2D eigenvalue weighted by molar-refractivity contribution is -0.139. The SMILES string of the molecule is COc1cc(OC)cc(C(=O)NC(C(=O)O)C(C)(C)S)c1. The molecule has 0 saturated carbocycles. The summed E-state index contributed by atoms with van der Waals surface area (Å²) in [5, 5.41) is 11.6. The number of hydrogen-bond acceptors (Lipinski definition) is 5. The number of hydrogen-bond donors (Lipinski definition) is 3. The maximum absolute atomic E-state index is 12.2. The molecule has 1 rings (SSSR count). The molecule has 0 aliphatic heterocycles. The highest BCUT2D eigenvalue weighted by atomic mass is 32.1. The third kappa shape index (κ3) is 4.56. The van der Waals surface area contributed by atoms with Gasteiger partial charge in [0.1, 0.15) is 17.5 Å². The fourth-order valence-electron chi connectivity index (χ4n) is 1.69. The van der Waals surface area contributed by atoms with E-state index in [1.54, 1.807) is 19.9 Å². The zero-order valence-corrected chi connectivity index (χ0v) is 13.2. The number of carboxylic acids is 1. The maximum Gasteiger partial charge on any atom is 0.327 e. The Balaban J connectivity index is 3.05. The second-order valence-corrected chi connectivity index (χ2v) is 6.15. The van der Waals surface area contributed by atoms with Crippen molar-refractivity contribution in [2.24, 2.45) is 0 Å². The van der Waals surface area contributed by atoms with Gasteiger partial charge in [0.25, 0.3) is 5.91 Å². The molecule has 0 fully saturated rings. The number of benzene rings is 1. The number of aliphatic carboxylic acids is 1. The largest absolute Gasteiger partial charge is 0.497 e. The van der Waals surface area contributed by atoms with E-state index < -0.39 is 22.7 Å². The third-order valence-corrected chi connectivity index (χ3v) is 3.10. The molecule has 2 N–H and O–H groups in total. The molecule has 1 aromatic rings.